The number of anilines is 1. The van der Waals surface area contributed by atoms with Crippen LogP contribution in [0.15, 0.2) is 48.5 Å². The molecule has 1 aliphatic carbocycles. The van der Waals surface area contributed by atoms with Crippen LogP contribution in [0.1, 0.15) is 43.2 Å². The van der Waals surface area contributed by atoms with Gasteiger partial charge in [0.1, 0.15) is 5.75 Å². The SMILES string of the molecule is COc1ccc(CC(=O)N(CC(=O)NCC(=O)Nc2cccc(C)c2)C2CCCCC2)cc1. The minimum absolute atomic E-state index is 0.0443. The lowest BCUT2D eigenvalue weighted by atomic mass is 9.93. The van der Waals surface area contributed by atoms with E-state index < -0.39 is 0 Å². The standard InChI is InChI=1S/C26H33N3O4/c1-19-7-6-8-21(15-19)28-24(30)17-27-25(31)18-29(22-9-4-3-5-10-22)26(32)16-20-11-13-23(33-2)14-12-20/h6-8,11-15,22H,3-5,9-10,16-18H2,1-2H3,(H,27,31)(H,28,30). The van der Waals surface area contributed by atoms with E-state index in [0.29, 0.717) is 5.69 Å². The van der Waals surface area contributed by atoms with Crippen molar-refractivity contribution in [3.05, 3.63) is 59.7 Å². The fourth-order valence-electron chi connectivity index (χ4n) is 4.15. The first-order valence-corrected chi connectivity index (χ1v) is 11.5. The van der Waals surface area contributed by atoms with Crippen molar-refractivity contribution < 1.29 is 19.1 Å². The smallest absolute Gasteiger partial charge is 0.243 e. The zero-order valence-corrected chi connectivity index (χ0v) is 19.4. The minimum Gasteiger partial charge on any atom is -0.497 e. The number of aryl methyl sites for hydroxylation is 1. The van der Waals surface area contributed by atoms with Crippen LogP contribution in [0.3, 0.4) is 0 Å². The van der Waals surface area contributed by atoms with E-state index in [0.717, 1.165) is 49.0 Å². The zero-order chi connectivity index (χ0) is 23.6. The van der Waals surface area contributed by atoms with E-state index in [1.807, 2.05) is 49.4 Å². The third kappa shape index (κ3) is 7.63. The predicted molar refractivity (Wildman–Crippen MR) is 128 cm³/mol. The van der Waals surface area contributed by atoms with E-state index in [1.165, 1.54) is 0 Å². The Morgan fingerprint density at radius 3 is 2.39 bits per heavy atom. The number of carbonyl (C=O) groups excluding carboxylic acids is 3. The van der Waals surface area contributed by atoms with Gasteiger partial charge < -0.3 is 20.3 Å². The van der Waals surface area contributed by atoms with E-state index in [4.69, 9.17) is 4.74 Å². The first kappa shape index (κ1) is 24.3. The van der Waals surface area contributed by atoms with Crippen LogP contribution < -0.4 is 15.4 Å². The number of hydrogen-bond acceptors (Lipinski definition) is 4. The van der Waals surface area contributed by atoms with Crippen LogP contribution >= 0.6 is 0 Å². The maximum atomic E-state index is 13.1. The maximum Gasteiger partial charge on any atom is 0.243 e. The van der Waals surface area contributed by atoms with E-state index in [-0.39, 0.29) is 43.3 Å². The van der Waals surface area contributed by atoms with Crippen LogP contribution in [0.4, 0.5) is 5.69 Å². The van der Waals surface area contributed by atoms with Crippen LogP contribution in [-0.4, -0.2) is 48.9 Å². The maximum absolute atomic E-state index is 13.1. The number of nitrogens with zero attached hydrogens (tertiary/aromatic N) is 1. The molecule has 1 saturated carbocycles. The average molecular weight is 452 g/mol. The third-order valence-electron chi connectivity index (χ3n) is 5.91. The molecule has 3 rings (SSSR count). The third-order valence-corrected chi connectivity index (χ3v) is 5.91. The molecule has 7 heteroatoms. The molecule has 0 aromatic heterocycles. The van der Waals surface area contributed by atoms with Gasteiger partial charge >= 0.3 is 0 Å². The summed E-state index contributed by atoms with van der Waals surface area (Å²) in [5, 5.41) is 5.43. The van der Waals surface area contributed by atoms with Gasteiger partial charge in [-0.05, 0) is 55.2 Å². The molecule has 0 heterocycles. The number of amides is 3. The summed E-state index contributed by atoms with van der Waals surface area (Å²) < 4.78 is 5.18. The lowest BCUT2D eigenvalue weighted by Gasteiger charge is -2.34. The number of ether oxygens (including phenoxy) is 1. The van der Waals surface area contributed by atoms with Crippen LogP contribution in [0.25, 0.3) is 0 Å². The highest BCUT2D eigenvalue weighted by Crippen LogP contribution is 2.23. The highest BCUT2D eigenvalue weighted by Gasteiger charge is 2.27. The van der Waals surface area contributed by atoms with E-state index in [1.54, 1.807) is 18.1 Å². The molecule has 0 atom stereocenters. The van der Waals surface area contributed by atoms with E-state index in [2.05, 4.69) is 10.6 Å². The summed E-state index contributed by atoms with van der Waals surface area (Å²) in [5.74, 6) is 0.0239. The summed E-state index contributed by atoms with van der Waals surface area (Å²) in [5.41, 5.74) is 2.60. The summed E-state index contributed by atoms with van der Waals surface area (Å²) in [6, 6.07) is 14.9. The molecular formula is C26H33N3O4. The number of rotatable bonds is 9. The molecular weight excluding hydrogens is 418 g/mol. The van der Waals surface area contributed by atoms with Crippen LogP contribution in [0.2, 0.25) is 0 Å². The Morgan fingerprint density at radius 2 is 1.73 bits per heavy atom. The molecule has 2 N–H and O–H groups in total. The summed E-state index contributed by atoms with van der Waals surface area (Å²) in [6.07, 6.45) is 5.28. The number of nitrogens with one attached hydrogen (secondary N) is 2. The Morgan fingerprint density at radius 1 is 1.00 bits per heavy atom. The van der Waals surface area contributed by atoms with Crippen LogP contribution in [0, 0.1) is 6.92 Å². The molecule has 0 radical (unpaired) electrons. The van der Waals surface area contributed by atoms with Crippen molar-refractivity contribution in [3.63, 3.8) is 0 Å². The van der Waals surface area contributed by atoms with Crippen molar-refractivity contribution in [3.8, 4) is 5.75 Å². The van der Waals surface area contributed by atoms with Crippen molar-refractivity contribution in [2.45, 2.75) is 51.5 Å². The molecule has 0 spiro atoms. The quantitative estimate of drug-likeness (QED) is 0.611. The van der Waals surface area contributed by atoms with Gasteiger partial charge in [0.15, 0.2) is 0 Å². The Hall–Kier alpha value is -3.35. The van der Waals surface area contributed by atoms with Gasteiger partial charge in [-0.15, -0.1) is 0 Å². The largest absolute Gasteiger partial charge is 0.497 e. The Kier molecular flexibility index (Phi) is 8.87. The van der Waals surface area contributed by atoms with Crippen molar-refractivity contribution >= 4 is 23.4 Å². The second kappa shape index (κ2) is 12.0. The Bertz CT molecular complexity index is 952. The Balaban J connectivity index is 1.57. The number of benzene rings is 2. The second-order valence-corrected chi connectivity index (χ2v) is 8.53. The monoisotopic (exact) mass is 451 g/mol. The second-order valence-electron chi connectivity index (χ2n) is 8.53. The molecule has 3 amide bonds. The molecule has 2 aromatic rings. The molecule has 0 aliphatic heterocycles. The zero-order valence-electron chi connectivity index (χ0n) is 19.4. The lowest BCUT2D eigenvalue weighted by molar-refractivity contribution is -0.138. The fourth-order valence-corrected chi connectivity index (χ4v) is 4.15. The Labute approximate surface area is 195 Å². The average Bonchev–Trinajstić information content (AvgIpc) is 2.82. The summed E-state index contributed by atoms with van der Waals surface area (Å²) >= 11 is 0. The van der Waals surface area contributed by atoms with Gasteiger partial charge in [0.05, 0.1) is 26.6 Å². The van der Waals surface area contributed by atoms with Crippen molar-refractivity contribution in [1.82, 2.24) is 10.2 Å². The highest BCUT2D eigenvalue weighted by molar-refractivity contribution is 5.95. The topological polar surface area (TPSA) is 87.7 Å². The summed E-state index contributed by atoms with van der Waals surface area (Å²) in [6.45, 7) is 1.76. The van der Waals surface area contributed by atoms with Gasteiger partial charge in [-0.2, -0.15) is 0 Å². The number of methoxy groups -OCH3 is 1. The highest BCUT2D eigenvalue weighted by atomic mass is 16.5. The molecule has 33 heavy (non-hydrogen) atoms. The number of carbonyl (C=O) groups is 3. The molecule has 176 valence electrons. The first-order chi connectivity index (χ1) is 15.9. The molecule has 2 aromatic carbocycles. The molecule has 0 unspecified atom stereocenters. The van der Waals surface area contributed by atoms with Crippen molar-refractivity contribution in [1.29, 1.82) is 0 Å². The fraction of sp³-hybridized carbons (Fsp3) is 0.423. The molecule has 7 nitrogen and oxygen atoms in total. The van der Waals surface area contributed by atoms with Crippen LogP contribution in [0.5, 0.6) is 5.75 Å². The molecule has 0 saturated heterocycles. The molecule has 1 aliphatic rings. The molecule has 1 fully saturated rings. The minimum atomic E-state index is -0.331. The van der Waals surface area contributed by atoms with Gasteiger partial charge in [-0.25, -0.2) is 0 Å². The first-order valence-electron chi connectivity index (χ1n) is 11.5. The summed E-state index contributed by atoms with van der Waals surface area (Å²) in [7, 11) is 1.60. The van der Waals surface area contributed by atoms with E-state index >= 15 is 0 Å². The van der Waals surface area contributed by atoms with Gasteiger partial charge in [-0.3, -0.25) is 14.4 Å². The molecule has 0 bridgehead atoms. The van der Waals surface area contributed by atoms with Gasteiger partial charge in [-0.1, -0.05) is 43.5 Å². The normalized spacial score (nSPS) is 13.8. The summed E-state index contributed by atoms with van der Waals surface area (Å²) in [4.78, 5) is 39.7. The van der Waals surface area contributed by atoms with Crippen molar-refractivity contribution in [2.24, 2.45) is 0 Å². The van der Waals surface area contributed by atoms with Crippen molar-refractivity contribution in [2.75, 3.05) is 25.5 Å². The lowest BCUT2D eigenvalue weighted by Crippen LogP contribution is -2.48. The van der Waals surface area contributed by atoms with E-state index in [9.17, 15) is 14.4 Å². The predicted octanol–water partition coefficient (Wildman–Crippen LogP) is 3.46. The van der Waals surface area contributed by atoms with Crippen LogP contribution in [-0.2, 0) is 20.8 Å². The van der Waals surface area contributed by atoms with Gasteiger partial charge in [0.25, 0.3) is 0 Å². The van der Waals surface area contributed by atoms with Gasteiger partial charge in [0.2, 0.25) is 17.7 Å². The van der Waals surface area contributed by atoms with Gasteiger partial charge in [0, 0.05) is 11.7 Å². The number of hydrogen-bond donors (Lipinski definition) is 2.